The van der Waals surface area contributed by atoms with Gasteiger partial charge in [-0.25, -0.2) is 0 Å². The van der Waals surface area contributed by atoms with Gasteiger partial charge in [-0.2, -0.15) is 0 Å². The van der Waals surface area contributed by atoms with Crippen molar-refractivity contribution in [2.75, 3.05) is 14.2 Å². The maximum absolute atomic E-state index is 5.94. The van der Waals surface area contributed by atoms with Crippen molar-refractivity contribution in [2.24, 2.45) is 5.41 Å². The minimum atomic E-state index is -0.0834. The highest BCUT2D eigenvalue weighted by atomic mass is 16.5. The Balaban J connectivity index is 2.02. The van der Waals surface area contributed by atoms with Crippen LogP contribution in [0.4, 0.5) is 0 Å². The van der Waals surface area contributed by atoms with E-state index in [1.165, 1.54) is 44.1 Å². The van der Waals surface area contributed by atoms with Crippen molar-refractivity contribution in [3.05, 3.63) is 53.1 Å². The Morgan fingerprint density at radius 1 is 1.13 bits per heavy atom. The zero-order valence-electron chi connectivity index (χ0n) is 14.7. The van der Waals surface area contributed by atoms with Crippen LogP contribution in [0.2, 0.25) is 0 Å². The molecular formula is C21H28O2. The van der Waals surface area contributed by atoms with Crippen LogP contribution in [0, 0.1) is 5.41 Å². The molecule has 1 unspecified atom stereocenters. The van der Waals surface area contributed by atoms with Crippen LogP contribution in [0.1, 0.15) is 57.1 Å². The number of allylic oxidation sites excluding steroid dienone is 1. The molecule has 2 saturated carbocycles. The third kappa shape index (κ3) is 2.97. The summed E-state index contributed by atoms with van der Waals surface area (Å²) in [6.07, 6.45) is 7.92. The zero-order valence-corrected chi connectivity index (χ0v) is 14.7. The molecule has 0 radical (unpaired) electrons. The van der Waals surface area contributed by atoms with Crippen LogP contribution in [0.5, 0.6) is 5.75 Å². The monoisotopic (exact) mass is 312 g/mol. The van der Waals surface area contributed by atoms with Gasteiger partial charge in [0.05, 0.1) is 7.11 Å². The molecule has 1 atom stereocenters. The summed E-state index contributed by atoms with van der Waals surface area (Å²) >= 11 is 0. The van der Waals surface area contributed by atoms with Gasteiger partial charge in [-0.15, -0.1) is 0 Å². The van der Waals surface area contributed by atoms with Crippen LogP contribution in [0.25, 0.3) is 0 Å². The number of rotatable bonds is 5. The first-order valence-corrected chi connectivity index (χ1v) is 8.68. The smallest absolute Gasteiger partial charge is 0.125 e. The van der Waals surface area contributed by atoms with E-state index in [0.717, 1.165) is 16.9 Å². The molecule has 2 aliphatic carbocycles. The van der Waals surface area contributed by atoms with Gasteiger partial charge in [-0.05, 0) is 43.2 Å². The zero-order chi connectivity index (χ0) is 16.4. The van der Waals surface area contributed by atoms with Crippen LogP contribution in [-0.4, -0.2) is 14.2 Å². The molecule has 0 amide bonds. The fraction of sp³-hybridized carbons (Fsp3) is 0.524. The van der Waals surface area contributed by atoms with Crippen molar-refractivity contribution in [3.63, 3.8) is 0 Å². The quantitative estimate of drug-likeness (QED) is 0.703. The third-order valence-corrected chi connectivity index (χ3v) is 5.55. The minimum Gasteiger partial charge on any atom is -0.496 e. The first kappa shape index (κ1) is 16.3. The first-order valence-electron chi connectivity index (χ1n) is 8.68. The van der Waals surface area contributed by atoms with Crippen molar-refractivity contribution in [1.29, 1.82) is 0 Å². The highest BCUT2D eigenvalue weighted by molar-refractivity contribution is 5.52. The molecule has 1 aromatic carbocycles. The van der Waals surface area contributed by atoms with Crippen molar-refractivity contribution >= 4 is 0 Å². The van der Waals surface area contributed by atoms with E-state index in [9.17, 15) is 0 Å². The second-order valence-corrected chi connectivity index (χ2v) is 7.05. The summed E-state index contributed by atoms with van der Waals surface area (Å²) in [5.74, 6) is 0.886. The molecular weight excluding hydrogens is 284 g/mol. The largest absolute Gasteiger partial charge is 0.496 e. The molecule has 0 aromatic heterocycles. The van der Waals surface area contributed by atoms with Crippen LogP contribution in [0.15, 0.2) is 47.6 Å². The maximum atomic E-state index is 5.94. The molecule has 2 heteroatoms. The average molecular weight is 312 g/mol. The summed E-state index contributed by atoms with van der Waals surface area (Å²) in [6, 6.07) is 8.16. The molecule has 0 bridgehead atoms. The second kappa shape index (κ2) is 6.52. The summed E-state index contributed by atoms with van der Waals surface area (Å²) in [7, 11) is 3.51. The number of methoxy groups -OCH3 is 2. The van der Waals surface area contributed by atoms with Gasteiger partial charge in [0.15, 0.2) is 0 Å². The standard InChI is InChI=1S/C21H28O2/c1-15(2)19(17-14-21(17)12-8-5-9-13-21)20(23-4)16-10-6-7-11-18(16)22-3/h6-7,10-11,20H,1,5,8-9,12-14H2,2-4H3/b19-17+. The van der Waals surface area contributed by atoms with E-state index in [4.69, 9.17) is 9.47 Å². The molecule has 3 rings (SSSR count). The van der Waals surface area contributed by atoms with Gasteiger partial charge in [-0.1, -0.05) is 55.2 Å². The fourth-order valence-electron chi connectivity index (χ4n) is 4.31. The summed E-state index contributed by atoms with van der Waals surface area (Å²) in [5, 5.41) is 0. The molecule has 0 heterocycles. The fourth-order valence-corrected chi connectivity index (χ4v) is 4.31. The van der Waals surface area contributed by atoms with Gasteiger partial charge in [0.2, 0.25) is 0 Å². The Bertz CT molecular complexity index is 620. The Hall–Kier alpha value is -1.54. The normalized spacial score (nSPS) is 22.6. The molecule has 2 aliphatic rings. The van der Waals surface area contributed by atoms with Crippen molar-refractivity contribution in [3.8, 4) is 5.75 Å². The molecule has 1 aromatic rings. The summed E-state index contributed by atoms with van der Waals surface area (Å²) < 4.78 is 11.5. The van der Waals surface area contributed by atoms with Crippen LogP contribution in [-0.2, 0) is 4.74 Å². The molecule has 0 aliphatic heterocycles. The SMILES string of the molecule is C=C(C)/C(=C1/CC12CCCCC2)C(OC)c1ccccc1OC. The number of benzene rings is 1. The summed E-state index contributed by atoms with van der Waals surface area (Å²) in [6.45, 7) is 6.38. The highest BCUT2D eigenvalue weighted by Gasteiger charge is 2.51. The minimum absolute atomic E-state index is 0.0834. The van der Waals surface area contributed by atoms with Gasteiger partial charge in [-0.3, -0.25) is 0 Å². The molecule has 1 spiro atoms. The van der Waals surface area contributed by atoms with E-state index < -0.39 is 0 Å². The lowest BCUT2D eigenvalue weighted by Gasteiger charge is -2.25. The lowest BCUT2D eigenvalue weighted by atomic mass is 9.83. The van der Waals surface area contributed by atoms with E-state index in [0.29, 0.717) is 5.41 Å². The van der Waals surface area contributed by atoms with Crippen molar-refractivity contribution < 1.29 is 9.47 Å². The van der Waals surface area contributed by atoms with Crippen LogP contribution >= 0.6 is 0 Å². The van der Waals surface area contributed by atoms with E-state index in [2.05, 4.69) is 19.6 Å². The molecule has 0 N–H and O–H groups in total. The molecule has 124 valence electrons. The molecule has 2 fully saturated rings. The maximum Gasteiger partial charge on any atom is 0.125 e. The van der Waals surface area contributed by atoms with Crippen LogP contribution in [0.3, 0.4) is 0 Å². The average Bonchev–Trinajstić information content (AvgIpc) is 3.24. The molecule has 2 nitrogen and oxygen atoms in total. The Kier molecular flexibility index (Phi) is 4.63. The lowest BCUT2D eigenvalue weighted by molar-refractivity contribution is 0.131. The number of hydrogen-bond donors (Lipinski definition) is 0. The van der Waals surface area contributed by atoms with E-state index in [1.807, 2.05) is 18.2 Å². The topological polar surface area (TPSA) is 18.5 Å². The molecule has 0 saturated heterocycles. The summed E-state index contributed by atoms with van der Waals surface area (Å²) in [5.41, 5.74) is 5.56. The lowest BCUT2D eigenvalue weighted by Crippen LogP contribution is -2.11. The predicted molar refractivity (Wildman–Crippen MR) is 94.7 cm³/mol. The molecule has 23 heavy (non-hydrogen) atoms. The van der Waals surface area contributed by atoms with E-state index >= 15 is 0 Å². The second-order valence-electron chi connectivity index (χ2n) is 7.05. The van der Waals surface area contributed by atoms with Gasteiger partial charge in [0.1, 0.15) is 11.9 Å². The predicted octanol–water partition coefficient (Wildman–Crippen LogP) is 5.61. The van der Waals surface area contributed by atoms with E-state index in [-0.39, 0.29) is 6.10 Å². The van der Waals surface area contributed by atoms with E-state index in [1.54, 1.807) is 19.8 Å². The highest BCUT2D eigenvalue weighted by Crippen LogP contribution is 2.64. The number of ether oxygens (including phenoxy) is 2. The Morgan fingerprint density at radius 3 is 2.43 bits per heavy atom. The first-order chi connectivity index (χ1) is 11.1. The van der Waals surface area contributed by atoms with Gasteiger partial charge in [0, 0.05) is 12.7 Å². The van der Waals surface area contributed by atoms with Crippen LogP contribution < -0.4 is 4.74 Å². The van der Waals surface area contributed by atoms with Crippen molar-refractivity contribution in [1.82, 2.24) is 0 Å². The summed E-state index contributed by atoms with van der Waals surface area (Å²) in [4.78, 5) is 0. The Morgan fingerprint density at radius 2 is 1.83 bits per heavy atom. The number of hydrogen-bond acceptors (Lipinski definition) is 2. The Labute approximate surface area is 140 Å². The van der Waals surface area contributed by atoms with Gasteiger partial charge >= 0.3 is 0 Å². The van der Waals surface area contributed by atoms with Crippen molar-refractivity contribution in [2.45, 2.75) is 51.6 Å². The third-order valence-electron chi connectivity index (χ3n) is 5.55. The number of para-hydroxylation sites is 1. The van der Waals surface area contributed by atoms with Gasteiger partial charge < -0.3 is 9.47 Å². The van der Waals surface area contributed by atoms with Gasteiger partial charge in [0.25, 0.3) is 0 Å².